The summed E-state index contributed by atoms with van der Waals surface area (Å²) in [4.78, 5) is 23.4. The average Bonchev–Trinajstić information content (AvgIpc) is 2.45. The zero-order valence-electron chi connectivity index (χ0n) is 12.0. The van der Waals surface area contributed by atoms with E-state index in [1.807, 2.05) is 0 Å². The van der Waals surface area contributed by atoms with Crippen LogP contribution in [0.1, 0.15) is 51.4 Å². The predicted octanol–water partition coefficient (Wildman–Crippen LogP) is 1.51. The third-order valence-corrected chi connectivity index (χ3v) is 4.85. The first-order valence-electron chi connectivity index (χ1n) is 7.84. The largest absolute Gasteiger partial charge is 0.481 e. The molecule has 1 amide bonds. The Kier molecular flexibility index (Phi) is 5.40. The Morgan fingerprint density at radius 3 is 2.55 bits per heavy atom. The van der Waals surface area contributed by atoms with Crippen LogP contribution in [0.5, 0.6) is 0 Å². The molecule has 0 bridgehead atoms. The molecule has 2 rings (SSSR count). The second-order valence-electron chi connectivity index (χ2n) is 6.36. The van der Waals surface area contributed by atoms with Gasteiger partial charge >= 0.3 is 5.97 Å². The Hall–Kier alpha value is -1.10. The predicted molar refractivity (Wildman–Crippen MR) is 76.0 cm³/mol. The van der Waals surface area contributed by atoms with Gasteiger partial charge in [0.05, 0.1) is 5.92 Å². The first kappa shape index (κ1) is 15.3. The second-order valence-corrected chi connectivity index (χ2v) is 6.36. The van der Waals surface area contributed by atoms with E-state index in [9.17, 15) is 14.7 Å². The van der Waals surface area contributed by atoms with E-state index in [2.05, 4.69) is 5.32 Å². The Balaban J connectivity index is 1.81. The molecule has 4 unspecified atom stereocenters. The highest BCUT2D eigenvalue weighted by molar-refractivity contribution is 5.79. The van der Waals surface area contributed by atoms with Gasteiger partial charge in [0.25, 0.3) is 0 Å². The third kappa shape index (κ3) is 3.95. The van der Waals surface area contributed by atoms with E-state index in [1.54, 1.807) is 0 Å². The summed E-state index contributed by atoms with van der Waals surface area (Å²) in [5.41, 5.74) is 5.91. The van der Waals surface area contributed by atoms with Crippen LogP contribution < -0.4 is 11.1 Å². The topological polar surface area (TPSA) is 92.4 Å². The van der Waals surface area contributed by atoms with Crippen molar-refractivity contribution in [2.45, 2.75) is 57.4 Å². The fourth-order valence-electron chi connectivity index (χ4n) is 3.62. The second kappa shape index (κ2) is 7.07. The van der Waals surface area contributed by atoms with Crippen molar-refractivity contribution in [1.29, 1.82) is 0 Å². The van der Waals surface area contributed by atoms with Gasteiger partial charge in [0.15, 0.2) is 0 Å². The zero-order chi connectivity index (χ0) is 14.5. The van der Waals surface area contributed by atoms with Crippen LogP contribution in [0.15, 0.2) is 0 Å². The highest BCUT2D eigenvalue weighted by Gasteiger charge is 2.32. The van der Waals surface area contributed by atoms with Crippen molar-refractivity contribution in [3.8, 4) is 0 Å². The van der Waals surface area contributed by atoms with Crippen LogP contribution in [0.3, 0.4) is 0 Å². The van der Waals surface area contributed by atoms with Crippen LogP contribution >= 0.6 is 0 Å². The lowest BCUT2D eigenvalue weighted by molar-refractivity contribution is -0.145. The molecule has 2 fully saturated rings. The van der Waals surface area contributed by atoms with Crippen LogP contribution in [0.25, 0.3) is 0 Å². The van der Waals surface area contributed by atoms with Gasteiger partial charge in [0.1, 0.15) is 0 Å². The molecule has 4 N–H and O–H groups in total. The summed E-state index contributed by atoms with van der Waals surface area (Å²) < 4.78 is 0. The van der Waals surface area contributed by atoms with E-state index in [0.717, 1.165) is 51.4 Å². The van der Waals surface area contributed by atoms with E-state index in [-0.39, 0.29) is 29.7 Å². The normalized spacial score (nSPS) is 34.5. The SMILES string of the molecule is NC1CCCC(C(=O)NCC2CCCCC2C(=O)O)C1. The number of hydrogen-bond acceptors (Lipinski definition) is 3. The molecule has 0 aromatic rings. The number of nitrogens with one attached hydrogen (secondary N) is 1. The molecule has 0 radical (unpaired) electrons. The van der Waals surface area contributed by atoms with Crippen molar-refractivity contribution in [1.82, 2.24) is 5.32 Å². The maximum absolute atomic E-state index is 12.1. The molecule has 0 aromatic carbocycles. The molecule has 2 aliphatic rings. The lowest BCUT2D eigenvalue weighted by atomic mass is 9.79. The van der Waals surface area contributed by atoms with Crippen LogP contribution in [0.2, 0.25) is 0 Å². The van der Waals surface area contributed by atoms with Gasteiger partial charge in [-0.25, -0.2) is 0 Å². The molecule has 4 atom stereocenters. The van der Waals surface area contributed by atoms with Crippen molar-refractivity contribution < 1.29 is 14.7 Å². The molecule has 20 heavy (non-hydrogen) atoms. The van der Waals surface area contributed by atoms with Gasteiger partial charge in [-0.3, -0.25) is 9.59 Å². The Labute approximate surface area is 120 Å². The summed E-state index contributed by atoms with van der Waals surface area (Å²) >= 11 is 0. The number of carbonyl (C=O) groups excluding carboxylic acids is 1. The maximum Gasteiger partial charge on any atom is 0.306 e. The Morgan fingerprint density at radius 1 is 1.10 bits per heavy atom. The molecular formula is C15H26N2O3. The Morgan fingerprint density at radius 2 is 1.85 bits per heavy atom. The first-order chi connectivity index (χ1) is 9.58. The first-order valence-corrected chi connectivity index (χ1v) is 7.84. The number of carboxylic acids is 1. The van der Waals surface area contributed by atoms with Crippen LogP contribution in [0.4, 0.5) is 0 Å². The van der Waals surface area contributed by atoms with Crippen molar-refractivity contribution in [3.05, 3.63) is 0 Å². The Bertz CT molecular complexity index is 359. The average molecular weight is 282 g/mol. The lowest BCUT2D eigenvalue weighted by Crippen LogP contribution is -2.42. The quantitative estimate of drug-likeness (QED) is 0.728. The van der Waals surface area contributed by atoms with E-state index in [0.29, 0.717) is 6.54 Å². The van der Waals surface area contributed by atoms with Gasteiger partial charge < -0.3 is 16.2 Å². The van der Waals surface area contributed by atoms with Crippen LogP contribution in [-0.4, -0.2) is 29.6 Å². The van der Waals surface area contributed by atoms with Crippen molar-refractivity contribution in [2.24, 2.45) is 23.5 Å². The number of rotatable bonds is 4. The summed E-state index contributed by atoms with van der Waals surface area (Å²) in [6, 6.07) is 0.140. The molecule has 2 aliphatic carbocycles. The van der Waals surface area contributed by atoms with E-state index < -0.39 is 5.97 Å². The van der Waals surface area contributed by atoms with E-state index in [4.69, 9.17) is 5.73 Å². The van der Waals surface area contributed by atoms with Gasteiger partial charge in [0, 0.05) is 18.5 Å². The number of carboxylic acid groups (broad SMARTS) is 1. The molecule has 0 spiro atoms. The minimum Gasteiger partial charge on any atom is -0.481 e. The minimum absolute atomic E-state index is 0.0191. The number of aliphatic carboxylic acids is 1. The third-order valence-electron chi connectivity index (χ3n) is 4.85. The van der Waals surface area contributed by atoms with Gasteiger partial charge in [-0.1, -0.05) is 19.3 Å². The molecule has 2 saturated carbocycles. The fraction of sp³-hybridized carbons (Fsp3) is 0.867. The summed E-state index contributed by atoms with van der Waals surface area (Å²) in [7, 11) is 0. The van der Waals surface area contributed by atoms with Crippen LogP contribution in [0, 0.1) is 17.8 Å². The van der Waals surface area contributed by atoms with Gasteiger partial charge in [-0.15, -0.1) is 0 Å². The summed E-state index contributed by atoms with van der Waals surface area (Å²) in [5, 5.41) is 12.2. The number of carbonyl (C=O) groups is 2. The fourth-order valence-corrected chi connectivity index (χ4v) is 3.62. The summed E-state index contributed by atoms with van der Waals surface area (Å²) in [6.07, 6.45) is 7.39. The van der Waals surface area contributed by atoms with Crippen molar-refractivity contribution in [2.75, 3.05) is 6.54 Å². The van der Waals surface area contributed by atoms with Crippen molar-refractivity contribution >= 4 is 11.9 Å². The molecule has 0 aromatic heterocycles. The van der Waals surface area contributed by atoms with Crippen molar-refractivity contribution in [3.63, 3.8) is 0 Å². The molecule has 0 aliphatic heterocycles. The standard InChI is InChI=1S/C15H26N2O3/c16-12-6-3-5-10(8-12)14(18)17-9-11-4-1-2-7-13(11)15(19)20/h10-13H,1-9,16H2,(H,17,18)(H,19,20). The highest BCUT2D eigenvalue weighted by atomic mass is 16.4. The van der Waals surface area contributed by atoms with Crippen LogP contribution in [-0.2, 0) is 9.59 Å². The summed E-state index contributed by atoms with van der Waals surface area (Å²) in [5.74, 6) is -0.843. The number of amides is 1. The minimum atomic E-state index is -0.719. The molecule has 5 nitrogen and oxygen atoms in total. The summed E-state index contributed by atoms with van der Waals surface area (Å²) in [6.45, 7) is 0.502. The molecule has 0 heterocycles. The number of hydrogen-bond donors (Lipinski definition) is 3. The van der Waals surface area contributed by atoms with Gasteiger partial charge in [0.2, 0.25) is 5.91 Å². The van der Waals surface area contributed by atoms with Gasteiger partial charge in [-0.05, 0) is 38.0 Å². The van der Waals surface area contributed by atoms with E-state index >= 15 is 0 Å². The monoisotopic (exact) mass is 282 g/mol. The molecule has 5 heteroatoms. The molecule has 114 valence electrons. The highest BCUT2D eigenvalue weighted by Crippen LogP contribution is 2.30. The van der Waals surface area contributed by atoms with Gasteiger partial charge in [-0.2, -0.15) is 0 Å². The molecule has 0 saturated heterocycles. The lowest BCUT2D eigenvalue weighted by Gasteiger charge is -2.30. The number of nitrogens with two attached hydrogens (primary N) is 1. The zero-order valence-corrected chi connectivity index (χ0v) is 12.0. The maximum atomic E-state index is 12.1. The molecular weight excluding hydrogens is 256 g/mol. The smallest absolute Gasteiger partial charge is 0.306 e. The van der Waals surface area contributed by atoms with E-state index in [1.165, 1.54) is 0 Å².